The van der Waals surface area contributed by atoms with E-state index in [0.717, 1.165) is 5.69 Å². The summed E-state index contributed by atoms with van der Waals surface area (Å²) in [5.41, 5.74) is 0.763. The molecule has 2 aromatic carbocycles. The highest BCUT2D eigenvalue weighted by atomic mass is 16.6. The number of phenols is 1. The Hall–Kier alpha value is -3.29. The molecule has 3 rings (SSSR count). The normalized spacial score (nSPS) is 14.2. The van der Waals surface area contributed by atoms with E-state index in [-0.39, 0.29) is 28.7 Å². The van der Waals surface area contributed by atoms with E-state index in [1.165, 1.54) is 25.3 Å². The number of rotatable bonds is 4. The summed E-state index contributed by atoms with van der Waals surface area (Å²) in [7, 11) is 1.35. The number of aromatic hydroxyl groups is 1. The van der Waals surface area contributed by atoms with Crippen molar-refractivity contribution in [2.75, 3.05) is 38.2 Å². The number of piperazine rings is 1. The van der Waals surface area contributed by atoms with Crippen LogP contribution in [0.3, 0.4) is 0 Å². The Morgan fingerprint density at radius 1 is 1.15 bits per heavy atom. The molecule has 0 saturated carbocycles. The Kier molecular flexibility index (Phi) is 4.92. The van der Waals surface area contributed by atoms with Crippen LogP contribution in [0.2, 0.25) is 0 Å². The minimum Gasteiger partial charge on any atom is -0.506 e. The quantitative estimate of drug-likeness (QED) is 0.666. The number of amides is 1. The van der Waals surface area contributed by atoms with Gasteiger partial charge in [0.25, 0.3) is 5.91 Å². The van der Waals surface area contributed by atoms with Crippen LogP contribution in [0.15, 0.2) is 42.5 Å². The second-order valence-corrected chi connectivity index (χ2v) is 5.91. The van der Waals surface area contributed by atoms with Crippen LogP contribution < -0.4 is 9.64 Å². The van der Waals surface area contributed by atoms with Gasteiger partial charge < -0.3 is 19.6 Å². The van der Waals surface area contributed by atoms with E-state index in [2.05, 4.69) is 0 Å². The van der Waals surface area contributed by atoms with Gasteiger partial charge in [-0.05, 0) is 24.3 Å². The van der Waals surface area contributed by atoms with Gasteiger partial charge in [0.1, 0.15) is 5.75 Å². The summed E-state index contributed by atoms with van der Waals surface area (Å²) >= 11 is 0. The van der Waals surface area contributed by atoms with Gasteiger partial charge in [0.15, 0.2) is 5.75 Å². The maximum Gasteiger partial charge on any atom is 0.311 e. The number of para-hydroxylation sites is 2. The number of nitrogens with zero attached hydrogens (tertiary/aromatic N) is 3. The van der Waals surface area contributed by atoms with Crippen molar-refractivity contribution in [2.45, 2.75) is 0 Å². The molecule has 0 bridgehead atoms. The van der Waals surface area contributed by atoms with Crippen molar-refractivity contribution >= 4 is 17.3 Å². The molecular weight excluding hydrogens is 338 g/mol. The molecule has 1 amide bonds. The molecule has 0 aliphatic carbocycles. The third-order valence-electron chi connectivity index (χ3n) is 4.41. The van der Waals surface area contributed by atoms with Crippen molar-refractivity contribution in [2.24, 2.45) is 0 Å². The summed E-state index contributed by atoms with van der Waals surface area (Å²) in [6.45, 7) is 2.07. The topological polar surface area (TPSA) is 96.2 Å². The molecule has 1 N–H and O–H groups in total. The molecule has 2 aromatic rings. The Balaban J connectivity index is 1.72. The Labute approximate surface area is 150 Å². The summed E-state index contributed by atoms with van der Waals surface area (Å²) < 4.78 is 4.96. The molecule has 26 heavy (non-hydrogen) atoms. The number of ether oxygens (including phenoxy) is 1. The number of nitro benzene ring substituents is 1. The van der Waals surface area contributed by atoms with Crippen LogP contribution in [0.25, 0.3) is 0 Å². The lowest BCUT2D eigenvalue weighted by Crippen LogP contribution is -2.48. The van der Waals surface area contributed by atoms with Gasteiger partial charge in [0.2, 0.25) is 0 Å². The molecule has 1 fully saturated rings. The number of methoxy groups -OCH3 is 1. The van der Waals surface area contributed by atoms with Crippen molar-refractivity contribution < 1.29 is 19.6 Å². The van der Waals surface area contributed by atoms with Crippen molar-refractivity contribution in [3.05, 3.63) is 58.1 Å². The smallest absolute Gasteiger partial charge is 0.311 e. The average molecular weight is 357 g/mol. The first kappa shape index (κ1) is 17.5. The van der Waals surface area contributed by atoms with Gasteiger partial charge in [0.05, 0.1) is 17.7 Å². The first-order valence-electron chi connectivity index (χ1n) is 8.16. The zero-order chi connectivity index (χ0) is 18.7. The monoisotopic (exact) mass is 357 g/mol. The highest BCUT2D eigenvalue weighted by Gasteiger charge is 2.25. The van der Waals surface area contributed by atoms with E-state index in [9.17, 15) is 20.0 Å². The van der Waals surface area contributed by atoms with E-state index < -0.39 is 4.92 Å². The first-order valence-corrected chi connectivity index (χ1v) is 8.16. The molecular formula is C18H19N3O5. The number of nitro groups is 1. The predicted octanol–water partition coefficient (Wildman–Crippen LogP) is 2.27. The highest BCUT2D eigenvalue weighted by Crippen LogP contribution is 2.29. The van der Waals surface area contributed by atoms with Gasteiger partial charge in [0, 0.05) is 37.8 Å². The number of hydrogen-bond donors (Lipinski definition) is 1. The molecule has 0 radical (unpaired) electrons. The van der Waals surface area contributed by atoms with E-state index in [4.69, 9.17) is 4.74 Å². The summed E-state index contributed by atoms with van der Waals surface area (Å²) in [6, 6.07) is 11.3. The number of anilines is 1. The fraction of sp³-hybridized carbons (Fsp3) is 0.278. The summed E-state index contributed by atoms with van der Waals surface area (Å²) in [5.74, 6) is 0.0710. The number of hydrogen-bond acceptors (Lipinski definition) is 6. The van der Waals surface area contributed by atoms with Crippen LogP contribution in [0, 0.1) is 10.1 Å². The maximum atomic E-state index is 12.7. The SMILES string of the molecule is COc1ccc(C(=O)N2CCN(c3ccccc3O)CC2)cc1[N+](=O)[O-]. The Morgan fingerprint density at radius 3 is 2.46 bits per heavy atom. The van der Waals surface area contributed by atoms with E-state index in [0.29, 0.717) is 26.2 Å². The van der Waals surface area contributed by atoms with Gasteiger partial charge in [-0.15, -0.1) is 0 Å². The molecule has 136 valence electrons. The van der Waals surface area contributed by atoms with Crippen LogP contribution in [0.5, 0.6) is 11.5 Å². The number of benzene rings is 2. The first-order chi connectivity index (χ1) is 12.5. The third-order valence-corrected chi connectivity index (χ3v) is 4.41. The molecule has 8 heteroatoms. The van der Waals surface area contributed by atoms with Crippen LogP contribution in [0.4, 0.5) is 11.4 Å². The summed E-state index contributed by atoms with van der Waals surface area (Å²) in [4.78, 5) is 26.9. The van der Waals surface area contributed by atoms with Gasteiger partial charge in [-0.2, -0.15) is 0 Å². The molecule has 1 saturated heterocycles. The second kappa shape index (κ2) is 7.30. The molecule has 0 unspecified atom stereocenters. The van der Waals surface area contributed by atoms with Crippen LogP contribution in [-0.2, 0) is 0 Å². The van der Waals surface area contributed by atoms with Crippen LogP contribution >= 0.6 is 0 Å². The second-order valence-electron chi connectivity index (χ2n) is 5.91. The Morgan fingerprint density at radius 2 is 1.85 bits per heavy atom. The standard InChI is InChI=1S/C18H19N3O5/c1-26-17-7-6-13(12-15(17)21(24)25)18(23)20-10-8-19(9-11-20)14-4-2-3-5-16(14)22/h2-7,12,22H,8-11H2,1H3. The fourth-order valence-electron chi connectivity index (χ4n) is 3.03. The summed E-state index contributed by atoms with van der Waals surface area (Å²) in [5, 5.41) is 21.1. The van der Waals surface area contributed by atoms with Crippen molar-refractivity contribution in [3.63, 3.8) is 0 Å². The largest absolute Gasteiger partial charge is 0.506 e. The lowest BCUT2D eigenvalue weighted by molar-refractivity contribution is -0.385. The van der Waals surface area contributed by atoms with Gasteiger partial charge in [-0.3, -0.25) is 14.9 Å². The van der Waals surface area contributed by atoms with Gasteiger partial charge in [-0.25, -0.2) is 0 Å². The van der Waals surface area contributed by atoms with E-state index in [1.807, 2.05) is 17.0 Å². The van der Waals surface area contributed by atoms with Crippen molar-refractivity contribution in [1.82, 2.24) is 4.90 Å². The van der Waals surface area contributed by atoms with E-state index >= 15 is 0 Å². The molecule has 1 aliphatic heterocycles. The highest BCUT2D eigenvalue weighted by molar-refractivity contribution is 5.95. The molecule has 0 aromatic heterocycles. The molecule has 8 nitrogen and oxygen atoms in total. The Bertz CT molecular complexity index is 831. The molecule has 0 spiro atoms. The zero-order valence-electron chi connectivity index (χ0n) is 14.3. The van der Waals surface area contributed by atoms with Crippen molar-refractivity contribution in [1.29, 1.82) is 0 Å². The van der Waals surface area contributed by atoms with Crippen molar-refractivity contribution in [3.8, 4) is 11.5 Å². The zero-order valence-corrected chi connectivity index (χ0v) is 14.3. The van der Waals surface area contributed by atoms with Crippen LogP contribution in [0.1, 0.15) is 10.4 Å². The molecule has 1 heterocycles. The maximum absolute atomic E-state index is 12.7. The minimum absolute atomic E-state index is 0.121. The molecule has 1 aliphatic rings. The molecule has 0 atom stereocenters. The fourth-order valence-corrected chi connectivity index (χ4v) is 3.03. The average Bonchev–Trinajstić information content (AvgIpc) is 2.67. The number of carbonyl (C=O) groups excluding carboxylic acids is 1. The lowest BCUT2D eigenvalue weighted by Gasteiger charge is -2.36. The number of phenolic OH excluding ortho intramolecular Hbond substituents is 1. The predicted molar refractivity (Wildman–Crippen MR) is 95.9 cm³/mol. The lowest BCUT2D eigenvalue weighted by atomic mass is 10.1. The van der Waals surface area contributed by atoms with Gasteiger partial charge >= 0.3 is 5.69 Å². The number of carbonyl (C=O) groups is 1. The minimum atomic E-state index is -0.564. The third kappa shape index (κ3) is 3.39. The van der Waals surface area contributed by atoms with Crippen LogP contribution in [-0.4, -0.2) is 54.1 Å². The van der Waals surface area contributed by atoms with E-state index in [1.54, 1.807) is 17.0 Å². The summed E-state index contributed by atoms with van der Waals surface area (Å²) in [6.07, 6.45) is 0. The van der Waals surface area contributed by atoms with Gasteiger partial charge in [-0.1, -0.05) is 12.1 Å².